The first kappa shape index (κ1) is 12.4. The van der Waals surface area contributed by atoms with Gasteiger partial charge in [-0.3, -0.25) is 0 Å². The van der Waals surface area contributed by atoms with Crippen LogP contribution >= 0.6 is 11.3 Å². The van der Waals surface area contributed by atoms with Crippen molar-refractivity contribution in [3.05, 3.63) is 21.9 Å². The molecule has 1 aromatic heterocycles. The summed E-state index contributed by atoms with van der Waals surface area (Å²) < 4.78 is 5.35. The molecule has 5 heteroatoms. The average molecular weight is 254 g/mol. The number of rotatable bonds is 0. The van der Waals surface area contributed by atoms with Crippen molar-refractivity contribution in [2.24, 2.45) is 5.73 Å². The lowest BCUT2D eigenvalue weighted by Crippen LogP contribution is -2.43. The first-order valence-corrected chi connectivity index (χ1v) is 6.59. The second-order valence-corrected chi connectivity index (χ2v) is 6.06. The number of ether oxygens (including phenoxy) is 1. The van der Waals surface area contributed by atoms with Gasteiger partial charge in [-0.2, -0.15) is 11.3 Å². The molecular weight excluding hydrogens is 236 g/mol. The molecule has 0 saturated carbocycles. The number of carbonyl (C=O) groups is 1. The molecule has 2 rings (SSSR count). The van der Waals surface area contributed by atoms with E-state index in [1.54, 1.807) is 16.2 Å². The number of carbonyl (C=O) groups excluding carboxylic acids is 1. The highest BCUT2D eigenvalue weighted by atomic mass is 32.1. The summed E-state index contributed by atoms with van der Waals surface area (Å²) in [4.78, 5) is 13.6. The second kappa shape index (κ2) is 4.31. The van der Waals surface area contributed by atoms with Crippen LogP contribution in [0.2, 0.25) is 0 Å². The van der Waals surface area contributed by atoms with Gasteiger partial charge in [-0.1, -0.05) is 0 Å². The molecule has 0 radical (unpaired) electrons. The normalized spacial score (nSPS) is 20.0. The summed E-state index contributed by atoms with van der Waals surface area (Å²) in [6.07, 6.45) is -0.287. The summed E-state index contributed by atoms with van der Waals surface area (Å²) in [6, 6.07) is -0.0995. The Bertz CT molecular complexity index is 422. The zero-order valence-corrected chi connectivity index (χ0v) is 11.2. The fourth-order valence-electron chi connectivity index (χ4n) is 1.86. The van der Waals surface area contributed by atoms with Gasteiger partial charge in [0.15, 0.2) is 0 Å². The van der Waals surface area contributed by atoms with Crippen LogP contribution in [0.4, 0.5) is 4.79 Å². The first-order chi connectivity index (χ1) is 7.87. The minimum atomic E-state index is -0.462. The van der Waals surface area contributed by atoms with E-state index >= 15 is 0 Å². The third-order valence-electron chi connectivity index (χ3n) is 2.61. The van der Waals surface area contributed by atoms with Crippen LogP contribution in [0.5, 0.6) is 0 Å². The molecule has 0 fully saturated rings. The van der Waals surface area contributed by atoms with Gasteiger partial charge in [0.05, 0.1) is 6.54 Å². The summed E-state index contributed by atoms with van der Waals surface area (Å²) in [6.45, 7) is 6.72. The Morgan fingerprint density at radius 3 is 2.88 bits per heavy atom. The van der Waals surface area contributed by atoms with Crippen molar-refractivity contribution in [3.8, 4) is 0 Å². The fraction of sp³-hybridized carbons (Fsp3) is 0.583. The summed E-state index contributed by atoms with van der Waals surface area (Å²) in [5.74, 6) is 0. The number of nitrogens with zero attached hydrogens (tertiary/aromatic N) is 1. The van der Waals surface area contributed by atoms with Crippen LogP contribution in [0.3, 0.4) is 0 Å². The molecule has 1 amide bonds. The lowest BCUT2D eigenvalue weighted by Gasteiger charge is -2.32. The molecule has 1 atom stereocenters. The lowest BCUT2D eigenvalue weighted by molar-refractivity contribution is 0.0207. The molecule has 1 aliphatic rings. The topological polar surface area (TPSA) is 55.6 Å². The fourth-order valence-corrected chi connectivity index (χ4v) is 2.77. The molecule has 4 nitrogen and oxygen atoms in total. The van der Waals surface area contributed by atoms with Crippen LogP contribution in [0.25, 0.3) is 0 Å². The van der Waals surface area contributed by atoms with E-state index in [1.807, 2.05) is 26.2 Å². The molecule has 0 aromatic carbocycles. The molecule has 1 aliphatic heterocycles. The molecule has 1 aromatic rings. The summed E-state index contributed by atoms with van der Waals surface area (Å²) in [5, 5.41) is 4.11. The number of thiophene rings is 1. The number of hydrogen-bond acceptors (Lipinski definition) is 4. The largest absolute Gasteiger partial charge is 0.444 e. The van der Waals surface area contributed by atoms with Gasteiger partial charge in [0.1, 0.15) is 5.60 Å². The monoisotopic (exact) mass is 254 g/mol. The van der Waals surface area contributed by atoms with E-state index in [0.29, 0.717) is 13.1 Å². The van der Waals surface area contributed by atoms with Crippen molar-refractivity contribution in [2.45, 2.75) is 39.0 Å². The molecule has 2 N–H and O–H groups in total. The van der Waals surface area contributed by atoms with Gasteiger partial charge < -0.3 is 15.4 Å². The van der Waals surface area contributed by atoms with Crippen molar-refractivity contribution < 1.29 is 9.53 Å². The minimum Gasteiger partial charge on any atom is -0.444 e. The highest BCUT2D eigenvalue weighted by Crippen LogP contribution is 2.28. The van der Waals surface area contributed by atoms with Crippen molar-refractivity contribution in [3.63, 3.8) is 0 Å². The van der Waals surface area contributed by atoms with Gasteiger partial charge in [0, 0.05) is 12.6 Å². The van der Waals surface area contributed by atoms with E-state index in [0.717, 1.165) is 11.1 Å². The summed E-state index contributed by atoms with van der Waals surface area (Å²) in [5.41, 5.74) is 7.88. The Labute approximate surface area is 105 Å². The van der Waals surface area contributed by atoms with E-state index in [-0.39, 0.29) is 12.1 Å². The molecule has 94 valence electrons. The molecule has 0 bridgehead atoms. The SMILES string of the molecule is CC(C)(C)OC(=O)N1Cc2cscc2C(N)C1. The van der Waals surface area contributed by atoms with Crippen LogP contribution in [0.15, 0.2) is 10.8 Å². The van der Waals surface area contributed by atoms with E-state index in [4.69, 9.17) is 10.5 Å². The quantitative estimate of drug-likeness (QED) is 0.774. The summed E-state index contributed by atoms with van der Waals surface area (Å²) in [7, 11) is 0. The Morgan fingerprint density at radius 2 is 2.24 bits per heavy atom. The van der Waals surface area contributed by atoms with Crippen LogP contribution in [-0.4, -0.2) is 23.1 Å². The van der Waals surface area contributed by atoms with Gasteiger partial charge in [0.2, 0.25) is 0 Å². The van der Waals surface area contributed by atoms with Crippen molar-refractivity contribution >= 4 is 17.4 Å². The standard InChI is InChI=1S/C12H18N2O2S/c1-12(2,3)16-11(15)14-4-8-6-17-7-9(8)10(13)5-14/h6-7,10H,4-5,13H2,1-3H3. The predicted molar refractivity (Wildman–Crippen MR) is 67.9 cm³/mol. The Hall–Kier alpha value is -1.07. The number of hydrogen-bond donors (Lipinski definition) is 1. The van der Waals surface area contributed by atoms with E-state index < -0.39 is 5.60 Å². The Balaban J connectivity index is 2.09. The molecule has 0 aliphatic carbocycles. The van der Waals surface area contributed by atoms with E-state index in [2.05, 4.69) is 5.38 Å². The van der Waals surface area contributed by atoms with Crippen LogP contribution in [0.1, 0.15) is 37.9 Å². The minimum absolute atomic E-state index is 0.0995. The predicted octanol–water partition coefficient (Wildman–Crippen LogP) is 2.50. The Kier molecular flexibility index (Phi) is 3.14. The first-order valence-electron chi connectivity index (χ1n) is 5.65. The lowest BCUT2D eigenvalue weighted by atomic mass is 10.0. The maximum Gasteiger partial charge on any atom is 0.410 e. The van der Waals surface area contributed by atoms with Gasteiger partial charge in [0.25, 0.3) is 0 Å². The molecule has 2 heterocycles. The molecule has 1 unspecified atom stereocenters. The molecular formula is C12H18N2O2S. The summed E-state index contributed by atoms with van der Waals surface area (Å²) >= 11 is 1.63. The zero-order valence-electron chi connectivity index (χ0n) is 10.4. The van der Waals surface area contributed by atoms with Gasteiger partial charge in [-0.25, -0.2) is 4.79 Å². The number of fused-ring (bicyclic) bond motifs is 1. The smallest absolute Gasteiger partial charge is 0.410 e. The van der Waals surface area contributed by atoms with Gasteiger partial charge in [-0.15, -0.1) is 0 Å². The van der Waals surface area contributed by atoms with Crippen LogP contribution in [-0.2, 0) is 11.3 Å². The maximum atomic E-state index is 11.9. The van der Waals surface area contributed by atoms with Crippen molar-refractivity contribution in [1.82, 2.24) is 4.90 Å². The highest BCUT2D eigenvalue weighted by molar-refractivity contribution is 7.08. The highest BCUT2D eigenvalue weighted by Gasteiger charge is 2.29. The van der Waals surface area contributed by atoms with E-state index in [9.17, 15) is 4.79 Å². The van der Waals surface area contributed by atoms with E-state index in [1.165, 1.54) is 0 Å². The van der Waals surface area contributed by atoms with Crippen LogP contribution in [0, 0.1) is 0 Å². The second-order valence-electron chi connectivity index (χ2n) is 5.32. The van der Waals surface area contributed by atoms with Gasteiger partial charge in [-0.05, 0) is 42.7 Å². The van der Waals surface area contributed by atoms with Gasteiger partial charge >= 0.3 is 6.09 Å². The Morgan fingerprint density at radius 1 is 1.53 bits per heavy atom. The molecule has 0 saturated heterocycles. The third kappa shape index (κ3) is 2.79. The third-order valence-corrected chi connectivity index (χ3v) is 3.42. The molecule has 0 spiro atoms. The van der Waals surface area contributed by atoms with Crippen LogP contribution < -0.4 is 5.73 Å². The zero-order chi connectivity index (χ0) is 12.6. The maximum absolute atomic E-state index is 11.9. The number of nitrogens with two attached hydrogens (primary N) is 1. The van der Waals surface area contributed by atoms with Crippen molar-refractivity contribution in [1.29, 1.82) is 0 Å². The van der Waals surface area contributed by atoms with Crippen molar-refractivity contribution in [2.75, 3.05) is 6.54 Å². The average Bonchev–Trinajstić information content (AvgIpc) is 2.63. The molecule has 17 heavy (non-hydrogen) atoms. The number of amides is 1.